The van der Waals surface area contributed by atoms with Gasteiger partial charge in [0.1, 0.15) is 0 Å². The lowest BCUT2D eigenvalue weighted by atomic mass is 10.1. The Balaban J connectivity index is 2.28. The normalized spacial score (nSPS) is 9.93. The van der Waals surface area contributed by atoms with E-state index in [0.717, 1.165) is 17.1 Å². The van der Waals surface area contributed by atoms with E-state index in [4.69, 9.17) is 5.73 Å². The van der Waals surface area contributed by atoms with Crippen LogP contribution in [0.4, 0.5) is 17.1 Å². The van der Waals surface area contributed by atoms with E-state index < -0.39 is 0 Å². The van der Waals surface area contributed by atoms with Crippen molar-refractivity contribution >= 4 is 17.1 Å². The van der Waals surface area contributed by atoms with Gasteiger partial charge in [-0.15, -0.1) is 0 Å². The van der Waals surface area contributed by atoms with Crippen molar-refractivity contribution < 1.29 is 0 Å². The van der Waals surface area contributed by atoms with Gasteiger partial charge >= 0.3 is 0 Å². The molecule has 0 aliphatic carbocycles. The Morgan fingerprint density at radius 3 is 2.47 bits per heavy atom. The van der Waals surface area contributed by atoms with Crippen LogP contribution in [-0.2, 0) is 0 Å². The maximum absolute atomic E-state index is 5.74. The Hall–Kier alpha value is -1.96. The van der Waals surface area contributed by atoms with Gasteiger partial charge in [-0.25, -0.2) is 0 Å². The predicted octanol–water partition coefficient (Wildman–Crippen LogP) is 3.32. The van der Waals surface area contributed by atoms with Gasteiger partial charge in [-0.1, -0.05) is 24.3 Å². The summed E-state index contributed by atoms with van der Waals surface area (Å²) in [4.78, 5) is 0. The number of nitrogens with one attached hydrogen (secondary N) is 1. The Morgan fingerprint density at radius 2 is 1.73 bits per heavy atom. The van der Waals surface area contributed by atoms with Crippen molar-refractivity contribution in [3.05, 3.63) is 54.1 Å². The number of nitrogen functional groups attached to an aromatic ring is 1. The van der Waals surface area contributed by atoms with E-state index in [1.54, 1.807) is 0 Å². The molecule has 76 valence electrons. The Kier molecular flexibility index (Phi) is 2.59. The van der Waals surface area contributed by atoms with Crippen molar-refractivity contribution in [2.24, 2.45) is 0 Å². The minimum Gasteiger partial charge on any atom is -0.399 e. The maximum Gasteiger partial charge on any atom is 0.0434 e. The third-order valence-corrected chi connectivity index (χ3v) is 2.31. The molecule has 0 unspecified atom stereocenters. The molecule has 0 radical (unpaired) electrons. The molecule has 0 aliphatic rings. The van der Waals surface area contributed by atoms with Crippen molar-refractivity contribution in [2.75, 3.05) is 11.1 Å². The quantitative estimate of drug-likeness (QED) is 0.726. The lowest BCUT2D eigenvalue weighted by Gasteiger charge is -2.09. The summed E-state index contributed by atoms with van der Waals surface area (Å²) in [5.74, 6) is 0. The fourth-order valence-corrected chi connectivity index (χ4v) is 1.45. The number of aryl methyl sites for hydroxylation is 1. The van der Waals surface area contributed by atoms with Crippen molar-refractivity contribution in [1.82, 2.24) is 0 Å². The average Bonchev–Trinajstić information content (AvgIpc) is 2.25. The lowest BCUT2D eigenvalue weighted by molar-refractivity contribution is 1.43. The second kappa shape index (κ2) is 4.05. The number of para-hydroxylation sites is 1. The highest BCUT2D eigenvalue weighted by Crippen LogP contribution is 2.22. The van der Waals surface area contributed by atoms with Gasteiger partial charge in [-0.2, -0.15) is 0 Å². The number of anilines is 3. The molecular weight excluding hydrogens is 184 g/mol. The standard InChI is InChI=1S/C13H14N2/c1-10-7-8-11(14)9-13(10)15-12-5-3-2-4-6-12/h2-9,15H,14H2,1H3. The Labute approximate surface area is 89.7 Å². The molecule has 0 amide bonds. The van der Waals surface area contributed by atoms with E-state index in [1.165, 1.54) is 5.56 Å². The lowest BCUT2D eigenvalue weighted by Crippen LogP contribution is -1.94. The second-order valence-electron chi connectivity index (χ2n) is 3.57. The third kappa shape index (κ3) is 2.29. The minimum atomic E-state index is 0.777. The van der Waals surface area contributed by atoms with Crippen molar-refractivity contribution in [1.29, 1.82) is 0 Å². The molecule has 3 N–H and O–H groups in total. The summed E-state index contributed by atoms with van der Waals surface area (Å²) < 4.78 is 0. The number of nitrogens with two attached hydrogens (primary N) is 1. The van der Waals surface area contributed by atoms with Gasteiger partial charge in [-0.3, -0.25) is 0 Å². The van der Waals surface area contributed by atoms with Gasteiger partial charge in [0.05, 0.1) is 0 Å². The zero-order valence-corrected chi connectivity index (χ0v) is 8.70. The molecule has 2 aromatic rings. The maximum atomic E-state index is 5.74. The van der Waals surface area contributed by atoms with Gasteiger partial charge in [0, 0.05) is 17.1 Å². The van der Waals surface area contributed by atoms with Crippen LogP contribution in [0.15, 0.2) is 48.5 Å². The molecule has 2 rings (SSSR count). The van der Waals surface area contributed by atoms with Crippen molar-refractivity contribution in [3.63, 3.8) is 0 Å². The molecule has 15 heavy (non-hydrogen) atoms. The first kappa shape index (κ1) is 9.59. The van der Waals surface area contributed by atoms with Crippen LogP contribution in [0.5, 0.6) is 0 Å². The zero-order valence-electron chi connectivity index (χ0n) is 8.70. The molecule has 2 heteroatoms. The summed E-state index contributed by atoms with van der Waals surface area (Å²) in [6.07, 6.45) is 0. The van der Waals surface area contributed by atoms with Crippen LogP contribution in [0.3, 0.4) is 0 Å². The Bertz CT molecular complexity index is 449. The van der Waals surface area contributed by atoms with E-state index in [2.05, 4.69) is 12.2 Å². The largest absolute Gasteiger partial charge is 0.399 e. The van der Waals surface area contributed by atoms with Gasteiger partial charge in [0.15, 0.2) is 0 Å². The molecule has 0 fully saturated rings. The van der Waals surface area contributed by atoms with E-state index in [9.17, 15) is 0 Å². The fraction of sp³-hybridized carbons (Fsp3) is 0.0769. The summed E-state index contributed by atoms with van der Waals surface area (Å²) >= 11 is 0. The van der Waals surface area contributed by atoms with Crippen LogP contribution in [0.1, 0.15) is 5.56 Å². The molecule has 0 atom stereocenters. The predicted molar refractivity (Wildman–Crippen MR) is 65.3 cm³/mol. The van der Waals surface area contributed by atoms with Crippen LogP contribution >= 0.6 is 0 Å². The van der Waals surface area contributed by atoms with Crippen molar-refractivity contribution in [3.8, 4) is 0 Å². The summed E-state index contributed by atoms with van der Waals surface area (Å²) in [6.45, 7) is 2.06. The second-order valence-corrected chi connectivity index (χ2v) is 3.57. The average molecular weight is 198 g/mol. The first-order chi connectivity index (χ1) is 7.25. The van der Waals surface area contributed by atoms with Gasteiger partial charge in [0.25, 0.3) is 0 Å². The SMILES string of the molecule is Cc1ccc(N)cc1Nc1ccccc1. The van der Waals surface area contributed by atoms with Gasteiger partial charge in [-0.05, 0) is 36.8 Å². The molecule has 2 aromatic carbocycles. The topological polar surface area (TPSA) is 38.0 Å². The molecular formula is C13H14N2. The zero-order chi connectivity index (χ0) is 10.7. The van der Waals surface area contributed by atoms with Crippen LogP contribution in [0.25, 0.3) is 0 Å². The highest BCUT2D eigenvalue weighted by Gasteiger charge is 1.98. The van der Waals surface area contributed by atoms with Gasteiger partial charge < -0.3 is 11.1 Å². The van der Waals surface area contributed by atoms with Crippen LogP contribution in [0, 0.1) is 6.92 Å². The van der Waals surface area contributed by atoms with Crippen LogP contribution in [0.2, 0.25) is 0 Å². The molecule has 0 spiro atoms. The number of hydrogen-bond donors (Lipinski definition) is 2. The third-order valence-electron chi connectivity index (χ3n) is 2.31. The monoisotopic (exact) mass is 198 g/mol. The number of benzene rings is 2. The molecule has 0 saturated carbocycles. The smallest absolute Gasteiger partial charge is 0.0434 e. The van der Waals surface area contributed by atoms with Crippen molar-refractivity contribution in [2.45, 2.75) is 6.92 Å². The molecule has 0 saturated heterocycles. The first-order valence-corrected chi connectivity index (χ1v) is 4.94. The molecule has 0 heterocycles. The summed E-state index contributed by atoms with van der Waals surface area (Å²) in [5, 5.41) is 3.33. The van der Waals surface area contributed by atoms with E-state index in [0.29, 0.717) is 0 Å². The van der Waals surface area contributed by atoms with Crippen LogP contribution < -0.4 is 11.1 Å². The summed E-state index contributed by atoms with van der Waals surface area (Å²) in [5.41, 5.74) is 9.84. The molecule has 2 nitrogen and oxygen atoms in total. The molecule has 0 bridgehead atoms. The fourth-order valence-electron chi connectivity index (χ4n) is 1.45. The Morgan fingerprint density at radius 1 is 1.00 bits per heavy atom. The summed E-state index contributed by atoms with van der Waals surface area (Å²) in [7, 11) is 0. The first-order valence-electron chi connectivity index (χ1n) is 4.94. The number of hydrogen-bond acceptors (Lipinski definition) is 2. The van der Waals surface area contributed by atoms with Crippen LogP contribution in [-0.4, -0.2) is 0 Å². The van der Waals surface area contributed by atoms with E-state index in [-0.39, 0.29) is 0 Å². The molecule has 0 aliphatic heterocycles. The minimum absolute atomic E-state index is 0.777. The highest BCUT2D eigenvalue weighted by molar-refractivity contribution is 5.66. The highest BCUT2D eigenvalue weighted by atomic mass is 14.9. The van der Waals surface area contributed by atoms with E-state index >= 15 is 0 Å². The summed E-state index contributed by atoms with van der Waals surface area (Å²) in [6, 6.07) is 15.9. The van der Waals surface area contributed by atoms with E-state index in [1.807, 2.05) is 48.5 Å². The molecule has 0 aromatic heterocycles. The number of rotatable bonds is 2. The van der Waals surface area contributed by atoms with Gasteiger partial charge in [0.2, 0.25) is 0 Å².